The standard InChI is InChI=1S/C24H27N3O2/c1-27(2)23(17-10-12-18(29-3)13-11-17)15-25-24(28)20-14-22(16-8-9-16)26-21-7-5-4-6-19(20)21/h4-7,10-14,16,23H,8-9,15H2,1-3H3,(H,25,28)/t23-/m0/s1. The van der Waals surface area contributed by atoms with Crippen molar-refractivity contribution in [3.8, 4) is 5.75 Å². The Bertz CT molecular complexity index is 1010. The number of pyridine rings is 1. The molecule has 3 aromatic rings. The maximum atomic E-state index is 13.1. The van der Waals surface area contributed by atoms with E-state index >= 15 is 0 Å². The van der Waals surface area contributed by atoms with Gasteiger partial charge in [0.05, 0.1) is 24.2 Å². The van der Waals surface area contributed by atoms with Gasteiger partial charge in [-0.15, -0.1) is 0 Å². The van der Waals surface area contributed by atoms with Gasteiger partial charge in [0.15, 0.2) is 0 Å². The number of rotatable bonds is 7. The smallest absolute Gasteiger partial charge is 0.252 e. The molecule has 0 spiro atoms. The van der Waals surface area contributed by atoms with Gasteiger partial charge in [0.2, 0.25) is 0 Å². The quantitative estimate of drug-likeness (QED) is 0.659. The molecule has 1 aliphatic rings. The van der Waals surface area contributed by atoms with Crippen LogP contribution < -0.4 is 10.1 Å². The minimum absolute atomic E-state index is 0.0501. The number of carbonyl (C=O) groups is 1. The van der Waals surface area contributed by atoms with E-state index in [1.165, 1.54) is 0 Å². The van der Waals surface area contributed by atoms with E-state index in [0.717, 1.165) is 40.8 Å². The van der Waals surface area contributed by atoms with E-state index in [0.29, 0.717) is 18.0 Å². The van der Waals surface area contributed by atoms with Crippen molar-refractivity contribution in [2.24, 2.45) is 0 Å². The number of carbonyl (C=O) groups excluding carboxylic acids is 1. The van der Waals surface area contributed by atoms with Gasteiger partial charge in [-0.25, -0.2) is 0 Å². The molecule has 5 heteroatoms. The fourth-order valence-corrected chi connectivity index (χ4v) is 3.68. The molecule has 0 radical (unpaired) electrons. The van der Waals surface area contributed by atoms with E-state index in [9.17, 15) is 4.79 Å². The second-order valence-electron chi connectivity index (χ2n) is 7.85. The molecule has 1 fully saturated rings. The number of fused-ring (bicyclic) bond motifs is 1. The fourth-order valence-electron chi connectivity index (χ4n) is 3.68. The zero-order valence-corrected chi connectivity index (χ0v) is 17.2. The Labute approximate surface area is 171 Å². The summed E-state index contributed by atoms with van der Waals surface area (Å²) >= 11 is 0. The Morgan fingerprint density at radius 2 is 1.90 bits per heavy atom. The van der Waals surface area contributed by atoms with E-state index in [-0.39, 0.29) is 11.9 Å². The Balaban J connectivity index is 1.56. The van der Waals surface area contributed by atoms with Crippen molar-refractivity contribution in [3.05, 3.63) is 71.4 Å². The third kappa shape index (κ3) is 4.25. The van der Waals surface area contributed by atoms with Crippen LogP contribution in [0.15, 0.2) is 54.6 Å². The first-order chi connectivity index (χ1) is 14.1. The second kappa shape index (κ2) is 8.21. The lowest BCUT2D eigenvalue weighted by Gasteiger charge is -2.25. The molecule has 1 aromatic heterocycles. The van der Waals surface area contributed by atoms with Crippen LogP contribution in [0.25, 0.3) is 10.9 Å². The van der Waals surface area contributed by atoms with Gasteiger partial charge in [-0.3, -0.25) is 9.78 Å². The zero-order chi connectivity index (χ0) is 20.4. The third-order valence-corrected chi connectivity index (χ3v) is 5.56. The number of hydrogen-bond donors (Lipinski definition) is 1. The summed E-state index contributed by atoms with van der Waals surface area (Å²) < 4.78 is 5.25. The number of ether oxygens (including phenoxy) is 1. The minimum atomic E-state index is -0.0501. The summed E-state index contributed by atoms with van der Waals surface area (Å²) in [6.07, 6.45) is 2.32. The summed E-state index contributed by atoms with van der Waals surface area (Å²) in [5.74, 6) is 1.27. The van der Waals surface area contributed by atoms with Crippen molar-refractivity contribution < 1.29 is 9.53 Å². The highest BCUT2D eigenvalue weighted by atomic mass is 16.5. The SMILES string of the molecule is COc1ccc([C@H](CNC(=O)c2cc(C3CC3)nc3ccccc23)N(C)C)cc1. The average molecular weight is 389 g/mol. The van der Waals surface area contributed by atoms with Gasteiger partial charge in [0, 0.05) is 23.5 Å². The maximum Gasteiger partial charge on any atom is 0.252 e. The summed E-state index contributed by atoms with van der Waals surface area (Å²) in [5, 5.41) is 4.05. The average Bonchev–Trinajstić information content (AvgIpc) is 3.58. The van der Waals surface area contributed by atoms with Crippen molar-refractivity contribution in [1.29, 1.82) is 0 Å². The maximum absolute atomic E-state index is 13.1. The lowest BCUT2D eigenvalue weighted by Crippen LogP contribution is -2.34. The summed E-state index contributed by atoms with van der Waals surface area (Å²) in [6, 6.07) is 17.9. The molecule has 0 aliphatic heterocycles. The third-order valence-electron chi connectivity index (χ3n) is 5.56. The number of methoxy groups -OCH3 is 1. The van der Waals surface area contributed by atoms with E-state index in [1.54, 1.807) is 7.11 Å². The number of aromatic nitrogens is 1. The molecule has 1 atom stereocenters. The van der Waals surface area contributed by atoms with Gasteiger partial charge >= 0.3 is 0 Å². The number of amides is 1. The molecule has 1 saturated carbocycles. The molecule has 2 aromatic carbocycles. The Morgan fingerprint density at radius 1 is 1.17 bits per heavy atom. The number of likely N-dealkylation sites (N-methyl/N-ethyl adjacent to an activating group) is 1. The highest BCUT2D eigenvalue weighted by molar-refractivity contribution is 6.06. The number of hydrogen-bond acceptors (Lipinski definition) is 4. The monoisotopic (exact) mass is 389 g/mol. The Morgan fingerprint density at radius 3 is 2.55 bits per heavy atom. The number of nitrogens with zero attached hydrogens (tertiary/aromatic N) is 2. The number of benzene rings is 2. The summed E-state index contributed by atoms with van der Waals surface area (Å²) in [5.41, 5.74) is 3.77. The predicted molar refractivity (Wildman–Crippen MR) is 115 cm³/mol. The number of nitrogens with one attached hydrogen (secondary N) is 1. The van der Waals surface area contributed by atoms with Crippen molar-refractivity contribution in [2.45, 2.75) is 24.8 Å². The van der Waals surface area contributed by atoms with Crippen LogP contribution >= 0.6 is 0 Å². The summed E-state index contributed by atoms with van der Waals surface area (Å²) in [7, 11) is 5.70. The first-order valence-electron chi connectivity index (χ1n) is 10.0. The van der Waals surface area contributed by atoms with Crippen LogP contribution in [0.5, 0.6) is 5.75 Å². The second-order valence-corrected chi connectivity index (χ2v) is 7.85. The Kier molecular flexibility index (Phi) is 5.49. The molecule has 1 amide bonds. The van der Waals surface area contributed by atoms with E-state index < -0.39 is 0 Å². The van der Waals surface area contributed by atoms with Crippen molar-refractivity contribution >= 4 is 16.8 Å². The molecule has 1 heterocycles. The Hall–Kier alpha value is -2.92. The molecule has 29 heavy (non-hydrogen) atoms. The van der Waals surface area contributed by atoms with Crippen LogP contribution in [0.4, 0.5) is 0 Å². The molecule has 1 N–H and O–H groups in total. The van der Waals surface area contributed by atoms with E-state index in [4.69, 9.17) is 9.72 Å². The van der Waals surface area contributed by atoms with Crippen molar-refractivity contribution in [1.82, 2.24) is 15.2 Å². The molecular weight excluding hydrogens is 362 g/mol. The highest BCUT2D eigenvalue weighted by Gasteiger charge is 2.27. The van der Waals surface area contributed by atoms with Crippen LogP contribution in [0.1, 0.15) is 46.4 Å². The first-order valence-corrected chi connectivity index (χ1v) is 10.0. The molecule has 1 aliphatic carbocycles. The van der Waals surface area contributed by atoms with E-state index in [1.807, 2.05) is 68.7 Å². The number of para-hydroxylation sites is 1. The summed E-state index contributed by atoms with van der Waals surface area (Å²) in [4.78, 5) is 20.0. The molecule has 0 unspecified atom stereocenters. The van der Waals surface area contributed by atoms with Crippen LogP contribution in [0.2, 0.25) is 0 Å². The minimum Gasteiger partial charge on any atom is -0.497 e. The zero-order valence-electron chi connectivity index (χ0n) is 17.2. The van der Waals surface area contributed by atoms with Crippen LogP contribution in [-0.2, 0) is 0 Å². The molecule has 5 nitrogen and oxygen atoms in total. The fraction of sp³-hybridized carbons (Fsp3) is 0.333. The van der Waals surface area contributed by atoms with Gasteiger partial charge in [-0.1, -0.05) is 30.3 Å². The van der Waals surface area contributed by atoms with Gasteiger partial charge in [0.1, 0.15) is 5.75 Å². The van der Waals surface area contributed by atoms with Crippen molar-refractivity contribution in [2.75, 3.05) is 27.7 Å². The molecular formula is C24H27N3O2. The first kappa shape index (κ1) is 19.4. The van der Waals surface area contributed by atoms with E-state index in [2.05, 4.69) is 10.2 Å². The lowest BCUT2D eigenvalue weighted by molar-refractivity contribution is 0.0943. The molecule has 150 valence electrons. The molecule has 0 bridgehead atoms. The molecule has 4 rings (SSSR count). The van der Waals surface area contributed by atoms with Crippen LogP contribution in [0.3, 0.4) is 0 Å². The van der Waals surface area contributed by atoms with Crippen LogP contribution in [-0.4, -0.2) is 43.5 Å². The normalized spacial score (nSPS) is 14.8. The topological polar surface area (TPSA) is 54.5 Å². The molecule has 0 saturated heterocycles. The van der Waals surface area contributed by atoms with Gasteiger partial charge < -0.3 is 15.0 Å². The largest absolute Gasteiger partial charge is 0.497 e. The van der Waals surface area contributed by atoms with Gasteiger partial charge in [-0.2, -0.15) is 0 Å². The lowest BCUT2D eigenvalue weighted by atomic mass is 10.0. The van der Waals surface area contributed by atoms with Crippen molar-refractivity contribution in [3.63, 3.8) is 0 Å². The summed E-state index contributed by atoms with van der Waals surface area (Å²) in [6.45, 7) is 0.521. The van der Waals surface area contributed by atoms with Crippen LogP contribution in [0, 0.1) is 0 Å². The van der Waals surface area contributed by atoms with Gasteiger partial charge in [-0.05, 0) is 56.8 Å². The predicted octanol–water partition coefficient (Wildman–Crippen LogP) is 4.15. The highest BCUT2D eigenvalue weighted by Crippen LogP contribution is 2.40. The van der Waals surface area contributed by atoms with Gasteiger partial charge in [0.25, 0.3) is 5.91 Å².